The molecular formula is C69H95N9OS3. The maximum Gasteiger partial charge on any atom is 0.193 e. The highest BCUT2D eigenvalue weighted by Crippen LogP contribution is 2.26. The Bertz CT molecular complexity index is 2900. The Kier molecular flexibility index (Phi) is 43.6. The highest BCUT2D eigenvalue weighted by atomic mass is 32.2. The highest BCUT2D eigenvalue weighted by molar-refractivity contribution is 7.99. The van der Waals surface area contributed by atoms with E-state index in [2.05, 4.69) is 154 Å². The predicted molar refractivity (Wildman–Crippen MR) is 358 cm³/mol. The van der Waals surface area contributed by atoms with Crippen LogP contribution in [0.15, 0.2) is 193 Å². The van der Waals surface area contributed by atoms with Gasteiger partial charge in [-0.15, -0.1) is 0 Å². The van der Waals surface area contributed by atoms with Crippen LogP contribution in [-0.2, 0) is 23.3 Å². The van der Waals surface area contributed by atoms with E-state index in [1.165, 1.54) is 32.4 Å². The lowest BCUT2D eigenvalue weighted by molar-refractivity contribution is 0.589. The summed E-state index contributed by atoms with van der Waals surface area (Å²) < 4.78 is 11.3. The Morgan fingerprint density at radius 3 is 1.24 bits per heavy atom. The Balaban J connectivity index is 0. The number of hydrogen-bond donors (Lipinski definition) is 0. The van der Waals surface area contributed by atoms with E-state index in [0.717, 1.165) is 62.4 Å². The van der Waals surface area contributed by atoms with Crippen LogP contribution >= 0.6 is 23.5 Å². The molecule has 0 spiro atoms. The number of thioether (sulfide) groups is 1. The molecule has 0 aliphatic heterocycles. The van der Waals surface area contributed by atoms with Crippen molar-refractivity contribution in [3.63, 3.8) is 0 Å². The quantitative estimate of drug-likeness (QED) is 0.158. The Morgan fingerprint density at radius 2 is 0.976 bits per heavy atom. The first-order valence-electron chi connectivity index (χ1n) is 26.8. The summed E-state index contributed by atoms with van der Waals surface area (Å²) in [6.45, 7) is 39.7. The van der Waals surface area contributed by atoms with Gasteiger partial charge in [0.25, 0.3) is 0 Å². The van der Waals surface area contributed by atoms with Crippen molar-refractivity contribution in [2.75, 3.05) is 24.0 Å². The number of benzene rings is 3. The van der Waals surface area contributed by atoms with Crippen LogP contribution in [0, 0.1) is 82.7 Å². The van der Waals surface area contributed by atoms with Crippen LogP contribution < -0.4 is 0 Å². The van der Waals surface area contributed by atoms with Gasteiger partial charge < -0.3 is 0 Å². The summed E-state index contributed by atoms with van der Waals surface area (Å²) in [4.78, 5) is 30.5. The van der Waals surface area contributed by atoms with Gasteiger partial charge in [0.05, 0.1) is 29.3 Å². The maximum atomic E-state index is 9.56. The first-order valence-corrected chi connectivity index (χ1v) is 30.7. The van der Waals surface area contributed by atoms with Crippen molar-refractivity contribution in [2.24, 2.45) is 7.05 Å². The molecule has 0 saturated heterocycles. The molecule has 13 heteroatoms. The van der Waals surface area contributed by atoms with Gasteiger partial charge in [-0.2, -0.15) is 16.9 Å². The fourth-order valence-electron chi connectivity index (χ4n) is 6.38. The molecule has 9 rings (SSSR count). The minimum absolute atomic E-state index is 0. The van der Waals surface area contributed by atoms with E-state index in [1.807, 2.05) is 179 Å². The summed E-state index contributed by atoms with van der Waals surface area (Å²) in [6, 6.07) is 48.6. The first-order chi connectivity index (χ1) is 38.4. The standard InChI is InChI=1S/C12H10S.C9H13N.C9H9N.C8H11N.C7H10N2.C7H9N.C5H8N2.C5H5N.C4H10S.C2H6OS.CH4/c1-3-7-11(8-4-1)13-12-9-5-2-6-10-12;1-9(2,3)8-4-6-10-7-5-8;1-7-5-4-6-8(2)9(7)10-3;1-6-4-7(2)9-8(3)5-6;1-5-4-8-6(2)7(3)9-5;1-6-4-3-5-7(2)8-6;1-5-3-4-7(2)6-5;1-2-4-6-5-3-1;1-3-5-4-2;1-4(2)3;/h1-10H;4-7H,1-3H3;4-6H,1-2H3;4-5H,1-3H3;4H,1-3H3;3-5H,1-2H3;3-4H,1-2H3;1-5H;3-4H2,1-2H3;1-2H3;1H4. The van der Waals surface area contributed by atoms with Gasteiger partial charge in [-0.25, -0.2) is 4.85 Å². The molecule has 0 radical (unpaired) electrons. The fraction of sp³-hybridized carbons (Fsp3) is 0.333. The third kappa shape index (κ3) is 41.8. The van der Waals surface area contributed by atoms with E-state index in [0.29, 0.717) is 0 Å². The minimum Gasteiger partial charge on any atom is -0.276 e. The van der Waals surface area contributed by atoms with Crippen molar-refractivity contribution in [1.29, 1.82) is 0 Å². The van der Waals surface area contributed by atoms with Gasteiger partial charge in [-0.05, 0) is 194 Å². The van der Waals surface area contributed by atoms with Crippen molar-refractivity contribution in [1.82, 2.24) is 39.7 Å². The van der Waals surface area contributed by atoms with Crippen molar-refractivity contribution >= 4 is 40.0 Å². The summed E-state index contributed by atoms with van der Waals surface area (Å²) in [5, 5.41) is 4.03. The molecule has 0 bridgehead atoms. The van der Waals surface area contributed by atoms with Gasteiger partial charge in [0.2, 0.25) is 0 Å². The van der Waals surface area contributed by atoms with E-state index in [4.69, 9.17) is 6.57 Å². The van der Waals surface area contributed by atoms with Gasteiger partial charge in [0.15, 0.2) is 5.69 Å². The number of pyridine rings is 4. The van der Waals surface area contributed by atoms with Gasteiger partial charge in [0, 0.05) is 100 Å². The average Bonchev–Trinajstić information content (AvgIpc) is 3.83. The van der Waals surface area contributed by atoms with E-state index < -0.39 is 10.8 Å². The largest absolute Gasteiger partial charge is 0.276 e. The zero-order valence-corrected chi connectivity index (χ0v) is 54.3. The van der Waals surface area contributed by atoms with Crippen LogP contribution in [0.3, 0.4) is 0 Å². The van der Waals surface area contributed by atoms with Crippen LogP contribution in [0.25, 0.3) is 4.85 Å². The van der Waals surface area contributed by atoms with Gasteiger partial charge in [0.1, 0.15) is 0 Å². The molecule has 0 fully saturated rings. The minimum atomic E-state index is -0.611. The Morgan fingerprint density at radius 1 is 0.537 bits per heavy atom. The SMILES string of the molecule is C.CC(C)(C)c1ccncc1.CCSCC.CS(C)=O.Cc1cc(C)nc(C)c1.Cc1cccc(C)n1.Cc1ccn(C)n1.Cc1cnc(C)c(C)n1.[C-]#[N+]c1c(C)cccc1C.c1ccc(Sc2ccccc2)cc1.c1ccncc1. The third-order valence-electron chi connectivity index (χ3n) is 10.2. The van der Waals surface area contributed by atoms with Gasteiger partial charge in [-0.3, -0.25) is 38.8 Å². The normalized spacial score (nSPS) is 9.40. The Labute approximate surface area is 507 Å². The number of hydrogen-bond acceptors (Lipinski definition) is 10. The molecule has 0 unspecified atom stereocenters. The van der Waals surface area contributed by atoms with E-state index in [-0.39, 0.29) is 12.8 Å². The fourth-order valence-corrected chi connectivity index (χ4v) is 7.64. The maximum absolute atomic E-state index is 9.56. The van der Waals surface area contributed by atoms with Crippen LogP contribution in [0.1, 0.15) is 110 Å². The smallest absolute Gasteiger partial charge is 0.193 e. The zero-order valence-electron chi connectivity index (χ0n) is 51.9. The topological polar surface area (TPSA) is 117 Å². The van der Waals surface area contributed by atoms with Crippen LogP contribution in [0.2, 0.25) is 0 Å². The monoisotopic (exact) mass is 1160 g/mol. The summed E-state index contributed by atoms with van der Waals surface area (Å²) in [7, 11) is 1.30. The van der Waals surface area contributed by atoms with E-state index in [1.54, 1.807) is 47.5 Å². The van der Waals surface area contributed by atoms with Crippen LogP contribution in [0.5, 0.6) is 0 Å². The first kappa shape index (κ1) is 77.0. The number of aromatic nitrogens is 8. The molecule has 9 aromatic rings. The van der Waals surface area contributed by atoms with Crippen LogP contribution in [0.4, 0.5) is 5.69 Å². The number of nitrogens with zero attached hydrogens (tertiary/aromatic N) is 9. The third-order valence-corrected chi connectivity index (χ3v) is 12.0. The second-order valence-corrected chi connectivity index (χ2v) is 23.5. The lowest BCUT2D eigenvalue weighted by Crippen LogP contribution is -2.10. The molecule has 0 N–H and O–H groups in total. The summed E-state index contributed by atoms with van der Waals surface area (Å²) in [5.74, 6) is 2.52. The van der Waals surface area contributed by atoms with E-state index >= 15 is 0 Å². The second-order valence-electron chi connectivity index (χ2n) is 19.3. The van der Waals surface area contributed by atoms with Crippen LogP contribution in [-0.4, -0.2) is 67.9 Å². The van der Waals surface area contributed by atoms with Gasteiger partial charge in [-0.1, -0.05) is 121 Å². The summed E-state index contributed by atoms with van der Waals surface area (Å²) in [5.41, 5.74) is 14.3. The van der Waals surface area contributed by atoms with Crippen molar-refractivity contribution in [3.05, 3.63) is 262 Å². The second kappa shape index (κ2) is 46.5. The van der Waals surface area contributed by atoms with Crippen molar-refractivity contribution in [2.45, 2.75) is 133 Å². The molecule has 6 heterocycles. The zero-order chi connectivity index (χ0) is 61.0. The summed E-state index contributed by atoms with van der Waals surface area (Å²) >= 11 is 3.75. The molecule has 6 aromatic heterocycles. The molecule has 3 aromatic carbocycles. The molecule has 0 aliphatic carbocycles. The van der Waals surface area contributed by atoms with E-state index in [9.17, 15) is 4.21 Å². The molecule has 82 heavy (non-hydrogen) atoms. The molecule has 440 valence electrons. The molecule has 0 amide bonds. The highest BCUT2D eigenvalue weighted by Gasteiger charge is 2.11. The molecular weight excluding hydrogens is 1070 g/mol. The number of aryl methyl sites for hydroxylation is 12. The summed E-state index contributed by atoms with van der Waals surface area (Å²) in [6.07, 6.45) is 14.2. The lowest BCUT2D eigenvalue weighted by Gasteiger charge is -2.17. The predicted octanol–water partition coefficient (Wildman–Crippen LogP) is 18.4. The molecule has 10 nitrogen and oxygen atoms in total. The molecule has 0 saturated carbocycles. The average molecular weight is 1160 g/mol. The number of rotatable bonds is 4. The van der Waals surface area contributed by atoms with Crippen molar-refractivity contribution < 1.29 is 4.21 Å². The van der Waals surface area contributed by atoms with Gasteiger partial charge >= 0.3 is 0 Å². The van der Waals surface area contributed by atoms with Crippen molar-refractivity contribution in [3.8, 4) is 0 Å². The Hall–Kier alpha value is -7.11. The molecule has 0 aliphatic rings. The number of para-hydroxylation sites is 1. The molecule has 0 atom stereocenters. The lowest BCUT2D eigenvalue weighted by atomic mass is 9.88.